The summed E-state index contributed by atoms with van der Waals surface area (Å²) >= 11 is 6.02. The summed E-state index contributed by atoms with van der Waals surface area (Å²) in [5.41, 5.74) is 3.88. The van der Waals surface area contributed by atoms with E-state index in [9.17, 15) is 4.79 Å². The number of carbonyl (C=O) groups is 1. The minimum atomic E-state index is 0.167. The molecule has 0 amide bonds. The second-order valence-electron chi connectivity index (χ2n) is 6.46. The highest BCUT2D eigenvalue weighted by molar-refractivity contribution is 6.30. The summed E-state index contributed by atoms with van der Waals surface area (Å²) < 4.78 is 7.45. The minimum Gasteiger partial charge on any atom is -0.497 e. The van der Waals surface area contributed by atoms with Crippen molar-refractivity contribution in [1.29, 1.82) is 0 Å². The molecular formula is C23H27ClN4O2. The summed E-state index contributed by atoms with van der Waals surface area (Å²) in [7, 11) is 1.66. The molecule has 1 aromatic heterocycles. The van der Waals surface area contributed by atoms with Crippen molar-refractivity contribution in [3.63, 3.8) is 0 Å². The molecule has 0 saturated heterocycles. The summed E-state index contributed by atoms with van der Waals surface area (Å²) in [5, 5.41) is 9.14. The predicted molar refractivity (Wildman–Crippen MR) is 121 cm³/mol. The molecule has 3 aromatic rings. The molecule has 0 unspecified atom stereocenters. The van der Waals surface area contributed by atoms with Crippen LogP contribution < -0.4 is 4.74 Å². The normalized spacial score (nSPS) is 11.4. The Labute approximate surface area is 182 Å². The maximum Gasteiger partial charge on any atom is 0.159 e. The van der Waals surface area contributed by atoms with E-state index < -0.39 is 0 Å². The number of halogens is 1. The van der Waals surface area contributed by atoms with Crippen LogP contribution in [0.4, 0.5) is 0 Å². The van der Waals surface area contributed by atoms with E-state index in [1.807, 2.05) is 67.8 Å². The number of hydrogen-bond acceptors (Lipinski definition) is 5. The Hall–Kier alpha value is -2.99. The number of aryl methyl sites for hydroxylation is 1. The molecule has 1 aliphatic rings. The van der Waals surface area contributed by atoms with Gasteiger partial charge in [0.05, 0.1) is 18.5 Å². The zero-order valence-corrected chi connectivity index (χ0v) is 19.0. The van der Waals surface area contributed by atoms with Gasteiger partial charge in [-0.05, 0) is 51.1 Å². The fraction of sp³-hybridized carbons (Fsp3) is 0.304. The number of ketones is 1. The van der Waals surface area contributed by atoms with Gasteiger partial charge in [-0.25, -0.2) is 0 Å². The number of benzene rings is 2. The van der Waals surface area contributed by atoms with Gasteiger partial charge in [-0.3, -0.25) is 9.56 Å². The zero-order chi connectivity index (χ0) is 22.3. The number of aromatic nitrogens is 3. The Bertz CT molecular complexity index is 1040. The van der Waals surface area contributed by atoms with Crippen molar-refractivity contribution in [1.82, 2.24) is 14.8 Å². The Balaban J connectivity index is 0.000000481. The molecule has 30 heavy (non-hydrogen) atoms. The lowest BCUT2D eigenvalue weighted by atomic mass is 10.00. The van der Waals surface area contributed by atoms with Crippen LogP contribution in [0.15, 0.2) is 47.5 Å². The van der Waals surface area contributed by atoms with E-state index in [0.717, 1.165) is 39.9 Å². The lowest BCUT2D eigenvalue weighted by molar-refractivity contribution is -0.114. The van der Waals surface area contributed by atoms with Gasteiger partial charge >= 0.3 is 0 Å². The molecule has 0 spiro atoms. The van der Waals surface area contributed by atoms with Crippen LogP contribution in [0.1, 0.15) is 50.5 Å². The smallest absolute Gasteiger partial charge is 0.159 e. The van der Waals surface area contributed by atoms with Crippen LogP contribution in [-0.4, -0.2) is 33.4 Å². The predicted octanol–water partition coefficient (Wildman–Crippen LogP) is 5.21. The van der Waals surface area contributed by atoms with E-state index in [0.29, 0.717) is 11.6 Å². The van der Waals surface area contributed by atoms with Crippen LogP contribution in [-0.2, 0) is 11.3 Å². The topological polar surface area (TPSA) is 69.4 Å². The van der Waals surface area contributed by atoms with Gasteiger partial charge in [-0.2, -0.15) is 0 Å². The summed E-state index contributed by atoms with van der Waals surface area (Å²) in [6, 6.07) is 13.6. The Kier molecular flexibility index (Phi) is 8.30. The summed E-state index contributed by atoms with van der Waals surface area (Å²) in [6.07, 6.45) is 0. The zero-order valence-electron chi connectivity index (χ0n) is 18.2. The molecule has 0 atom stereocenters. The standard InChI is InChI=1S/C18H15ClN4O.C3H6O.C2H6/c1-11-21-22-17-10-20-18(12-3-5-13(19)6-4-12)15-9-14(24-2)7-8-16(15)23(11)17;1-3(2)4;1-2/h3-9H,10H2,1-2H3;1-2H3;1-2H3. The molecule has 0 radical (unpaired) electrons. The van der Waals surface area contributed by atoms with E-state index in [2.05, 4.69) is 10.2 Å². The van der Waals surface area contributed by atoms with Crippen LogP contribution in [0.25, 0.3) is 5.69 Å². The van der Waals surface area contributed by atoms with Gasteiger partial charge in [0, 0.05) is 16.1 Å². The lowest BCUT2D eigenvalue weighted by Gasteiger charge is -2.14. The molecular weight excluding hydrogens is 400 g/mol. The number of methoxy groups -OCH3 is 1. The number of fused-ring (bicyclic) bond motifs is 3. The van der Waals surface area contributed by atoms with Crippen LogP contribution in [0, 0.1) is 6.92 Å². The molecule has 4 rings (SSSR count). The quantitative estimate of drug-likeness (QED) is 0.564. The number of ether oxygens (including phenoxy) is 1. The Morgan fingerprint density at radius 3 is 2.30 bits per heavy atom. The largest absolute Gasteiger partial charge is 0.497 e. The summed E-state index contributed by atoms with van der Waals surface area (Å²) in [6.45, 7) is 9.47. The van der Waals surface area contributed by atoms with Crippen LogP contribution in [0.2, 0.25) is 5.02 Å². The Morgan fingerprint density at radius 2 is 1.70 bits per heavy atom. The summed E-state index contributed by atoms with van der Waals surface area (Å²) in [5.74, 6) is 2.61. The van der Waals surface area contributed by atoms with E-state index in [1.54, 1.807) is 7.11 Å². The van der Waals surface area contributed by atoms with Gasteiger partial charge in [0.2, 0.25) is 0 Å². The van der Waals surface area contributed by atoms with Crippen molar-refractivity contribution in [3.05, 3.63) is 70.3 Å². The fourth-order valence-electron chi connectivity index (χ4n) is 2.94. The van der Waals surface area contributed by atoms with E-state index >= 15 is 0 Å². The van der Waals surface area contributed by atoms with Crippen LogP contribution in [0.5, 0.6) is 5.75 Å². The molecule has 2 aromatic carbocycles. The van der Waals surface area contributed by atoms with E-state index in [-0.39, 0.29) is 5.78 Å². The van der Waals surface area contributed by atoms with Crippen LogP contribution >= 0.6 is 11.6 Å². The first-order valence-corrected chi connectivity index (χ1v) is 10.2. The summed E-state index contributed by atoms with van der Waals surface area (Å²) in [4.78, 5) is 14.2. The number of Topliss-reactive ketones (excluding diaryl/α,β-unsaturated/α-hetero) is 1. The monoisotopic (exact) mass is 426 g/mol. The Morgan fingerprint density at radius 1 is 1.07 bits per heavy atom. The molecule has 7 heteroatoms. The molecule has 158 valence electrons. The molecule has 0 saturated carbocycles. The molecule has 0 N–H and O–H groups in total. The van der Waals surface area contributed by atoms with Gasteiger partial charge in [-0.15, -0.1) is 10.2 Å². The van der Waals surface area contributed by atoms with Crippen molar-refractivity contribution in [2.45, 2.75) is 41.2 Å². The number of aliphatic imine (C=N–C) groups is 1. The first kappa shape index (κ1) is 23.3. The van der Waals surface area contributed by atoms with Gasteiger partial charge in [0.1, 0.15) is 23.9 Å². The van der Waals surface area contributed by atoms with Crippen molar-refractivity contribution in [2.75, 3.05) is 7.11 Å². The number of rotatable bonds is 2. The van der Waals surface area contributed by atoms with Crippen molar-refractivity contribution in [2.24, 2.45) is 4.99 Å². The first-order chi connectivity index (χ1) is 14.4. The first-order valence-electron chi connectivity index (χ1n) is 9.78. The SMILES string of the molecule is CC.CC(C)=O.COc1ccc2c(c1)C(c1ccc(Cl)cc1)=NCc1nnc(C)n1-2. The second-order valence-corrected chi connectivity index (χ2v) is 6.90. The molecule has 2 heterocycles. The maximum absolute atomic E-state index is 9.44. The number of nitrogens with zero attached hydrogens (tertiary/aromatic N) is 4. The van der Waals surface area contributed by atoms with E-state index in [1.165, 1.54) is 13.8 Å². The van der Waals surface area contributed by atoms with Gasteiger partial charge in [0.25, 0.3) is 0 Å². The van der Waals surface area contributed by atoms with Gasteiger partial charge in [0.15, 0.2) is 5.82 Å². The van der Waals surface area contributed by atoms with Crippen molar-refractivity contribution < 1.29 is 9.53 Å². The van der Waals surface area contributed by atoms with Gasteiger partial charge < -0.3 is 9.53 Å². The maximum atomic E-state index is 9.44. The third-order valence-corrected chi connectivity index (χ3v) is 4.34. The van der Waals surface area contributed by atoms with Crippen LogP contribution in [0.3, 0.4) is 0 Å². The fourth-order valence-corrected chi connectivity index (χ4v) is 3.06. The highest BCUT2D eigenvalue weighted by Gasteiger charge is 2.22. The highest BCUT2D eigenvalue weighted by atomic mass is 35.5. The third-order valence-electron chi connectivity index (χ3n) is 4.09. The third kappa shape index (κ3) is 5.33. The minimum absolute atomic E-state index is 0.167. The molecule has 0 fully saturated rings. The van der Waals surface area contributed by atoms with E-state index in [4.69, 9.17) is 21.3 Å². The lowest BCUT2D eigenvalue weighted by Crippen LogP contribution is -2.08. The average Bonchev–Trinajstić information content (AvgIpc) is 3.01. The molecule has 6 nitrogen and oxygen atoms in total. The molecule has 0 aliphatic carbocycles. The number of hydrogen-bond donors (Lipinski definition) is 0. The van der Waals surface area contributed by atoms with Gasteiger partial charge in [-0.1, -0.05) is 37.6 Å². The average molecular weight is 427 g/mol. The second kappa shape index (κ2) is 10.7. The molecule has 0 bridgehead atoms. The van der Waals surface area contributed by atoms with Crippen molar-refractivity contribution in [3.8, 4) is 11.4 Å². The number of carbonyl (C=O) groups excluding carboxylic acids is 1. The highest BCUT2D eigenvalue weighted by Crippen LogP contribution is 2.29. The van der Waals surface area contributed by atoms with Crippen molar-refractivity contribution >= 4 is 23.1 Å². The molecule has 1 aliphatic heterocycles.